The molecule has 0 aromatic carbocycles. The normalized spacial score (nSPS) is 21.4. The summed E-state index contributed by atoms with van der Waals surface area (Å²) in [6.07, 6.45) is -135. The van der Waals surface area contributed by atoms with E-state index in [1.807, 2.05) is 0 Å². The molecule has 53 heteroatoms. The van der Waals surface area contributed by atoms with E-state index in [9.17, 15) is 105 Å². The quantitative estimate of drug-likeness (QED) is 0.0408. The maximum atomic E-state index is 16.6. The Morgan fingerprint density at radius 3 is 0.321 bits per heavy atom. The van der Waals surface area contributed by atoms with Crippen LogP contribution in [0.25, 0.3) is 0 Å². The lowest BCUT2D eigenvalue weighted by atomic mass is 9.78. The molecule has 488 valence electrons. The predicted molar refractivity (Wildman–Crippen MR) is 154 cm³/mol. The number of ether oxygens (including phenoxy) is 7. The molecule has 0 aliphatic carbocycles. The van der Waals surface area contributed by atoms with Crippen molar-refractivity contribution in [2.75, 3.05) is 39.6 Å². The largest absolute Gasteiger partial charge is 0.451 e. The fourth-order valence-corrected chi connectivity index (χ4v) is 5.10. The minimum atomic E-state index is -11.2. The minimum absolute atomic E-state index is 0.653. The van der Waals surface area contributed by atoms with Gasteiger partial charge in [-0.1, -0.05) is 0 Å². The van der Waals surface area contributed by atoms with Gasteiger partial charge >= 0.3 is 132 Å². The van der Waals surface area contributed by atoms with E-state index >= 15 is 70.2 Å². The van der Waals surface area contributed by atoms with Crippen molar-refractivity contribution >= 4 is 0 Å². The summed E-state index contributed by atoms with van der Waals surface area (Å²) in [4.78, 5) is 0. The lowest BCUT2D eigenvalue weighted by Gasteiger charge is -2.54. The van der Waals surface area contributed by atoms with Crippen LogP contribution in [0, 0.1) is 10.8 Å². The molecule has 0 aromatic rings. The molecule has 0 rings (SSSR count). The summed E-state index contributed by atoms with van der Waals surface area (Å²) < 4.78 is 600. The van der Waals surface area contributed by atoms with Gasteiger partial charge < -0.3 is 30.6 Å². The van der Waals surface area contributed by atoms with Gasteiger partial charge in [-0.2, -0.15) is 176 Å². The van der Waals surface area contributed by atoms with Gasteiger partial charge in [0.05, 0.1) is 0 Å². The van der Waals surface area contributed by atoms with Crippen molar-refractivity contribution in [2.24, 2.45) is 10.8 Å². The average Bonchev–Trinajstić information content (AvgIpc) is 3.18. The van der Waals surface area contributed by atoms with Crippen LogP contribution in [0.4, 0.5) is 176 Å². The van der Waals surface area contributed by atoms with Crippen LogP contribution in [-0.2, 0) is 33.2 Å². The van der Waals surface area contributed by atoms with Gasteiger partial charge in [-0.25, -0.2) is 0 Å². The van der Waals surface area contributed by atoms with Gasteiger partial charge in [-0.3, -0.25) is 33.2 Å². The Labute approximate surface area is 412 Å². The summed E-state index contributed by atoms with van der Waals surface area (Å²) >= 11 is 0. The number of hydrogen-bond donors (Lipinski definition) is 6. The third-order valence-electron chi connectivity index (χ3n) is 9.25. The highest BCUT2D eigenvalue weighted by atomic mass is 19.4. The SMILES string of the molecule is OCC(F)(OC(F)(F)C(C(F)(F)OC(F)(F)C(C(F)(F)OC(F)(CO)C(F)(F)F)(C(F)(F)OC(F)(CO)C(F)(F)F)C(F)(F)OC(F)(CO)C(F)(F)F)(C(F)(F)OC(F)(CO)C(F)(F)F)C(F)(F)OC(F)(CO)C(F)(F)F)C(F)(F)F. The van der Waals surface area contributed by atoms with Crippen molar-refractivity contribution in [1.82, 2.24) is 0 Å². The Balaban J connectivity index is 11.2. The summed E-state index contributed by atoms with van der Waals surface area (Å²) in [5.74, 6) is -48.6. The zero-order chi connectivity index (χ0) is 66.2. The predicted octanol–water partition coefficient (Wildman–Crippen LogP) is 9.14. The van der Waals surface area contributed by atoms with E-state index in [4.69, 9.17) is 30.6 Å². The first kappa shape index (κ1) is 77.7. The van der Waals surface area contributed by atoms with Gasteiger partial charge in [-0.05, 0) is 0 Å². The van der Waals surface area contributed by atoms with E-state index in [1.54, 1.807) is 0 Å². The fourth-order valence-electron chi connectivity index (χ4n) is 5.10. The van der Waals surface area contributed by atoms with E-state index in [1.165, 1.54) is 28.4 Å². The second-order valence-corrected chi connectivity index (χ2v) is 14.7. The van der Waals surface area contributed by atoms with Crippen LogP contribution in [0.15, 0.2) is 0 Å². The van der Waals surface area contributed by atoms with Crippen LogP contribution in [0.3, 0.4) is 0 Å². The standard InChI is InChI=1S/C28H18F40O13/c29-7(1-69,15(35,36)37)75-21(53,54)13(22(55,56)76-8(30,2-70)16(38,39)40,23(57,58)77-9(31,3-71)17(41,42)43)27(65,66)81-28(67,68)14(24(59,60)78-10(32,4-72)18(44,45)46,25(61,62)79-11(33,5-73)19(47,48)49)26(63,64)80-12(34,6-74)20(50,51)52/h69-74H,1-6H2. The van der Waals surface area contributed by atoms with Crippen molar-refractivity contribution in [3.8, 4) is 0 Å². The maximum Gasteiger partial charge on any atom is 0.451 e. The van der Waals surface area contributed by atoms with Crippen molar-refractivity contribution in [3.05, 3.63) is 0 Å². The first-order valence-corrected chi connectivity index (χ1v) is 17.9. The molecule has 81 heavy (non-hydrogen) atoms. The molecule has 0 aromatic heterocycles. The van der Waals surface area contributed by atoms with Crippen molar-refractivity contribution in [2.45, 2.75) is 121 Å². The third-order valence-corrected chi connectivity index (χ3v) is 9.25. The molecule has 0 bridgehead atoms. The summed E-state index contributed by atoms with van der Waals surface area (Å²) in [7, 11) is 0. The van der Waals surface area contributed by atoms with E-state index in [0.717, 1.165) is 0 Å². The second-order valence-electron chi connectivity index (χ2n) is 14.7. The number of rotatable bonds is 28. The Morgan fingerprint density at radius 2 is 0.247 bits per heavy atom. The smallest absolute Gasteiger partial charge is 0.390 e. The molecule has 0 heterocycles. The summed E-state index contributed by atoms with van der Waals surface area (Å²) in [5, 5.41) is 51.6. The van der Waals surface area contributed by atoms with Crippen LogP contribution in [0.5, 0.6) is 0 Å². The molecule has 6 N–H and O–H groups in total. The van der Waals surface area contributed by atoms with E-state index in [0.29, 0.717) is 4.74 Å². The zero-order valence-corrected chi connectivity index (χ0v) is 35.9. The topological polar surface area (TPSA) is 186 Å². The molecule has 0 saturated carbocycles. The Bertz CT molecular complexity index is 1760. The Hall–Kier alpha value is -3.32. The molecule has 0 radical (unpaired) electrons. The maximum absolute atomic E-state index is 16.6. The minimum Gasteiger partial charge on any atom is -0.390 e. The van der Waals surface area contributed by atoms with Crippen molar-refractivity contribution < 1.29 is 239 Å². The van der Waals surface area contributed by atoms with Gasteiger partial charge in [0.25, 0.3) is 0 Å². The van der Waals surface area contributed by atoms with Crippen LogP contribution in [0.1, 0.15) is 0 Å². The van der Waals surface area contributed by atoms with Crippen LogP contribution >= 0.6 is 0 Å². The molecular formula is C28H18F40O13. The van der Waals surface area contributed by atoms with E-state index in [-0.39, 0.29) is 0 Å². The first-order valence-electron chi connectivity index (χ1n) is 17.9. The first-order chi connectivity index (χ1) is 34.8. The highest BCUT2D eigenvalue weighted by Crippen LogP contribution is 2.74. The van der Waals surface area contributed by atoms with E-state index in [2.05, 4.69) is 0 Å². The lowest BCUT2D eigenvalue weighted by molar-refractivity contribution is -0.642. The molecule has 0 spiro atoms. The van der Waals surface area contributed by atoms with E-state index < -0.39 is 172 Å². The van der Waals surface area contributed by atoms with Crippen molar-refractivity contribution in [3.63, 3.8) is 0 Å². The number of hydrogen-bond acceptors (Lipinski definition) is 13. The molecule has 0 amide bonds. The van der Waals surface area contributed by atoms with Crippen LogP contribution in [-0.4, -0.2) is 191 Å². The van der Waals surface area contributed by atoms with Gasteiger partial charge in [-0.15, -0.1) is 0 Å². The molecular weight excluding hydrogens is 1300 g/mol. The molecule has 0 saturated heterocycles. The van der Waals surface area contributed by atoms with Crippen LogP contribution < -0.4 is 0 Å². The van der Waals surface area contributed by atoms with Gasteiger partial charge in [0, 0.05) is 0 Å². The highest BCUT2D eigenvalue weighted by Gasteiger charge is 3.02. The second kappa shape index (κ2) is 21.9. The zero-order valence-electron chi connectivity index (χ0n) is 35.9. The van der Waals surface area contributed by atoms with Gasteiger partial charge in [0.2, 0.25) is 0 Å². The lowest BCUT2D eigenvalue weighted by Crippen LogP contribution is -2.81. The number of alkyl halides is 40. The van der Waals surface area contributed by atoms with Crippen LogP contribution in [0.2, 0.25) is 0 Å². The Kier molecular flexibility index (Phi) is 21.0. The molecule has 0 aliphatic heterocycles. The summed E-state index contributed by atoms with van der Waals surface area (Å²) in [6.45, 7) is -28.2. The molecule has 6 unspecified atom stereocenters. The molecule has 0 fully saturated rings. The highest BCUT2D eigenvalue weighted by molar-refractivity contribution is 5.14. The van der Waals surface area contributed by atoms with Gasteiger partial charge in [0.15, 0.2) is 0 Å². The Morgan fingerprint density at radius 1 is 0.160 bits per heavy atom. The summed E-state index contributed by atoms with van der Waals surface area (Å²) in [5.41, 5.74) is -22.4. The summed E-state index contributed by atoms with van der Waals surface area (Å²) in [6, 6.07) is 0. The number of aliphatic hydroxyl groups is 6. The third kappa shape index (κ3) is 12.8. The molecule has 13 nitrogen and oxygen atoms in total. The molecule has 0 aliphatic rings. The molecule has 6 atom stereocenters. The number of aliphatic hydroxyl groups excluding tert-OH is 6. The monoisotopic (exact) mass is 1320 g/mol. The van der Waals surface area contributed by atoms with Gasteiger partial charge in [0.1, 0.15) is 39.6 Å². The fraction of sp³-hybridized carbons (Fsp3) is 1.00. The average molecular weight is 1320 g/mol. The number of halogens is 40. The van der Waals surface area contributed by atoms with Crippen molar-refractivity contribution in [1.29, 1.82) is 0 Å².